The van der Waals surface area contributed by atoms with E-state index in [1.54, 1.807) is 0 Å². The second kappa shape index (κ2) is 6.94. The highest BCUT2D eigenvalue weighted by atomic mass is 19.4. The fraction of sp³-hybridized carbons (Fsp3) is 0.909. The second-order valence-corrected chi connectivity index (χ2v) is 4.62. The highest BCUT2D eigenvalue weighted by Gasteiger charge is 2.31. The van der Waals surface area contributed by atoms with E-state index in [1.165, 1.54) is 0 Å². The lowest BCUT2D eigenvalue weighted by Crippen LogP contribution is -2.43. The highest BCUT2D eigenvalue weighted by Crippen LogP contribution is 2.16. The van der Waals surface area contributed by atoms with E-state index in [0.29, 0.717) is 6.54 Å². The van der Waals surface area contributed by atoms with Crippen LogP contribution in [0.2, 0.25) is 0 Å². The van der Waals surface area contributed by atoms with Gasteiger partial charge in [0.15, 0.2) is 0 Å². The molecule has 1 fully saturated rings. The van der Waals surface area contributed by atoms with Crippen molar-refractivity contribution in [2.24, 2.45) is 0 Å². The molecule has 0 radical (unpaired) electrons. The zero-order chi connectivity index (χ0) is 13.6. The predicted molar refractivity (Wildman–Crippen MR) is 60.4 cm³/mol. The molecule has 18 heavy (non-hydrogen) atoms. The van der Waals surface area contributed by atoms with Gasteiger partial charge in [-0.05, 0) is 25.9 Å². The summed E-state index contributed by atoms with van der Waals surface area (Å²) in [6, 6.07) is 0. The number of likely N-dealkylation sites (tertiary alicyclic amines) is 1. The summed E-state index contributed by atoms with van der Waals surface area (Å²) >= 11 is 0. The number of hydrogen-bond acceptors (Lipinski definition) is 3. The quantitative estimate of drug-likeness (QED) is 0.791. The van der Waals surface area contributed by atoms with Crippen molar-refractivity contribution in [1.82, 2.24) is 9.80 Å². The van der Waals surface area contributed by atoms with E-state index in [1.807, 2.05) is 0 Å². The summed E-state index contributed by atoms with van der Waals surface area (Å²) in [5.74, 6) is -1.22. The molecule has 1 saturated heterocycles. The van der Waals surface area contributed by atoms with Crippen LogP contribution in [0.5, 0.6) is 0 Å². The van der Waals surface area contributed by atoms with E-state index in [9.17, 15) is 18.0 Å². The molecule has 0 spiro atoms. The molecule has 106 valence electrons. The van der Waals surface area contributed by atoms with Crippen molar-refractivity contribution in [2.75, 3.05) is 39.3 Å². The van der Waals surface area contributed by atoms with Crippen molar-refractivity contribution in [3.8, 4) is 0 Å². The van der Waals surface area contributed by atoms with Gasteiger partial charge in [-0.1, -0.05) is 6.42 Å². The summed E-state index contributed by atoms with van der Waals surface area (Å²) in [7, 11) is 0. The van der Waals surface area contributed by atoms with Gasteiger partial charge in [0.2, 0.25) is 0 Å². The van der Waals surface area contributed by atoms with Crippen molar-refractivity contribution in [3.05, 3.63) is 0 Å². The van der Waals surface area contributed by atoms with Gasteiger partial charge in [0.25, 0.3) is 0 Å². The number of halogens is 3. The van der Waals surface area contributed by atoms with Crippen LogP contribution in [-0.4, -0.2) is 66.3 Å². The van der Waals surface area contributed by atoms with Gasteiger partial charge in [-0.25, -0.2) is 0 Å². The van der Waals surface area contributed by atoms with Crippen molar-refractivity contribution in [1.29, 1.82) is 0 Å². The lowest BCUT2D eigenvalue weighted by molar-refractivity contribution is -0.154. The Kier molecular flexibility index (Phi) is 5.87. The third-order valence-electron chi connectivity index (χ3n) is 2.94. The Balaban J connectivity index is 2.37. The van der Waals surface area contributed by atoms with Crippen LogP contribution in [0.3, 0.4) is 0 Å². The summed E-state index contributed by atoms with van der Waals surface area (Å²) in [6.45, 7) is 0.718. The fourth-order valence-corrected chi connectivity index (χ4v) is 2.12. The molecule has 0 unspecified atom stereocenters. The molecule has 0 aliphatic carbocycles. The molecular formula is C11H19F3N2O2. The lowest BCUT2D eigenvalue weighted by atomic mass is 10.1. The third-order valence-corrected chi connectivity index (χ3v) is 2.94. The van der Waals surface area contributed by atoms with E-state index in [0.717, 1.165) is 37.3 Å². The third kappa shape index (κ3) is 6.80. The van der Waals surface area contributed by atoms with Crippen LogP contribution in [0.25, 0.3) is 0 Å². The number of rotatable bonds is 6. The molecule has 0 saturated carbocycles. The van der Waals surface area contributed by atoms with Crippen LogP contribution < -0.4 is 0 Å². The molecule has 7 heteroatoms. The van der Waals surface area contributed by atoms with Crippen LogP contribution in [-0.2, 0) is 4.79 Å². The van der Waals surface area contributed by atoms with Crippen molar-refractivity contribution in [3.63, 3.8) is 0 Å². The molecule has 1 rings (SSSR count). The van der Waals surface area contributed by atoms with Gasteiger partial charge in [-0.2, -0.15) is 13.2 Å². The van der Waals surface area contributed by atoms with E-state index in [-0.39, 0.29) is 6.54 Å². The summed E-state index contributed by atoms with van der Waals surface area (Å²) in [5, 5.41) is 8.60. The Labute approximate surface area is 104 Å². The molecule has 1 N–H and O–H groups in total. The molecule has 1 aliphatic rings. The first-order chi connectivity index (χ1) is 8.37. The zero-order valence-electron chi connectivity index (χ0n) is 10.2. The fourth-order valence-electron chi connectivity index (χ4n) is 2.12. The minimum absolute atomic E-state index is 0.145. The second-order valence-electron chi connectivity index (χ2n) is 4.62. The van der Waals surface area contributed by atoms with Gasteiger partial charge in [0, 0.05) is 13.1 Å². The predicted octanol–water partition coefficient (Wildman–Crippen LogP) is 1.42. The van der Waals surface area contributed by atoms with Gasteiger partial charge >= 0.3 is 12.1 Å². The Morgan fingerprint density at radius 1 is 1.22 bits per heavy atom. The van der Waals surface area contributed by atoms with Crippen molar-refractivity contribution < 1.29 is 23.1 Å². The molecule has 0 aromatic rings. The van der Waals surface area contributed by atoms with Gasteiger partial charge < -0.3 is 10.0 Å². The number of nitrogens with zero attached hydrogens (tertiary/aromatic N) is 2. The Morgan fingerprint density at radius 3 is 2.33 bits per heavy atom. The molecule has 0 aromatic heterocycles. The van der Waals surface area contributed by atoms with Crippen LogP contribution in [0.4, 0.5) is 13.2 Å². The maximum Gasteiger partial charge on any atom is 0.401 e. The van der Waals surface area contributed by atoms with Gasteiger partial charge in [0.05, 0.1) is 13.1 Å². The normalized spacial score (nSPS) is 18.2. The number of alkyl halides is 3. The standard InChI is InChI=1S/C11H19F3N2O2/c12-11(13,14)9-16(8-10(17)18)7-6-15-4-2-1-3-5-15/h1-9H2,(H,17,18). The SMILES string of the molecule is O=C(O)CN(CCN1CCCCC1)CC(F)(F)F. The number of aliphatic carboxylic acids is 1. The number of carbonyl (C=O) groups is 1. The average molecular weight is 268 g/mol. The molecule has 1 aliphatic heterocycles. The number of hydrogen-bond donors (Lipinski definition) is 1. The number of carboxylic acids is 1. The largest absolute Gasteiger partial charge is 0.480 e. The molecule has 0 bridgehead atoms. The molecule has 1 heterocycles. The minimum Gasteiger partial charge on any atom is -0.480 e. The van der Waals surface area contributed by atoms with E-state index >= 15 is 0 Å². The maximum absolute atomic E-state index is 12.3. The lowest BCUT2D eigenvalue weighted by Gasteiger charge is -2.29. The molecule has 0 atom stereocenters. The highest BCUT2D eigenvalue weighted by molar-refractivity contribution is 5.69. The summed E-state index contributed by atoms with van der Waals surface area (Å²) < 4.78 is 36.8. The van der Waals surface area contributed by atoms with Crippen LogP contribution in [0.15, 0.2) is 0 Å². The van der Waals surface area contributed by atoms with Gasteiger partial charge in [-0.15, -0.1) is 0 Å². The summed E-state index contributed by atoms with van der Waals surface area (Å²) in [4.78, 5) is 13.6. The molecule has 0 aromatic carbocycles. The monoisotopic (exact) mass is 268 g/mol. The summed E-state index contributed by atoms with van der Waals surface area (Å²) in [6.07, 6.45) is -1.05. The topological polar surface area (TPSA) is 43.8 Å². The van der Waals surface area contributed by atoms with Crippen LogP contribution >= 0.6 is 0 Å². The smallest absolute Gasteiger partial charge is 0.401 e. The van der Waals surface area contributed by atoms with Crippen LogP contribution in [0, 0.1) is 0 Å². The van der Waals surface area contributed by atoms with Gasteiger partial charge in [0.1, 0.15) is 0 Å². The minimum atomic E-state index is -4.35. The van der Waals surface area contributed by atoms with E-state index in [2.05, 4.69) is 4.90 Å². The number of carboxylic acid groups (broad SMARTS) is 1. The Morgan fingerprint density at radius 2 is 1.83 bits per heavy atom. The maximum atomic E-state index is 12.3. The van der Waals surface area contributed by atoms with E-state index in [4.69, 9.17) is 5.11 Å². The molecule has 0 amide bonds. The van der Waals surface area contributed by atoms with Crippen molar-refractivity contribution >= 4 is 5.97 Å². The first-order valence-electron chi connectivity index (χ1n) is 6.10. The molecule has 4 nitrogen and oxygen atoms in total. The first kappa shape index (κ1) is 15.2. The molecular weight excluding hydrogens is 249 g/mol. The Hall–Kier alpha value is -0.820. The number of piperidine rings is 1. The van der Waals surface area contributed by atoms with Crippen molar-refractivity contribution in [2.45, 2.75) is 25.4 Å². The zero-order valence-corrected chi connectivity index (χ0v) is 10.2. The van der Waals surface area contributed by atoms with Gasteiger partial charge in [-0.3, -0.25) is 9.69 Å². The van der Waals surface area contributed by atoms with E-state index < -0.39 is 25.2 Å². The first-order valence-corrected chi connectivity index (χ1v) is 6.10. The average Bonchev–Trinajstić information content (AvgIpc) is 2.24. The Bertz CT molecular complexity index is 266. The summed E-state index contributed by atoms with van der Waals surface area (Å²) in [5.41, 5.74) is 0. The van der Waals surface area contributed by atoms with Crippen LogP contribution in [0.1, 0.15) is 19.3 Å².